The molecular weight excluding hydrogens is 346 g/mol. The van der Waals surface area contributed by atoms with Gasteiger partial charge in [-0.2, -0.15) is 0 Å². The Balaban J connectivity index is 1.61. The van der Waals surface area contributed by atoms with Gasteiger partial charge in [-0.3, -0.25) is 0 Å². The first kappa shape index (κ1) is 16.2. The number of hydrogen-bond donors (Lipinski definition) is 1. The predicted molar refractivity (Wildman–Crippen MR) is 110 cm³/mol. The van der Waals surface area contributed by atoms with E-state index in [2.05, 4.69) is 59.5 Å². The molecule has 0 saturated carbocycles. The minimum absolute atomic E-state index is 0.302. The average molecular weight is 369 g/mol. The van der Waals surface area contributed by atoms with Gasteiger partial charge in [-0.1, -0.05) is 54.6 Å². The minimum atomic E-state index is -0.821. The highest BCUT2D eigenvalue weighted by Gasteiger charge is 2.47. The van der Waals surface area contributed by atoms with E-state index in [1.165, 1.54) is 22.4 Å². The Morgan fingerprint density at radius 2 is 1.68 bits per heavy atom. The molecule has 2 aliphatic heterocycles. The van der Waals surface area contributed by atoms with Crippen LogP contribution in [0.2, 0.25) is 0 Å². The molecule has 5 atom stereocenters. The van der Waals surface area contributed by atoms with Crippen molar-refractivity contribution in [1.29, 1.82) is 0 Å². The van der Waals surface area contributed by atoms with E-state index in [1.807, 2.05) is 12.1 Å². The fourth-order valence-electron chi connectivity index (χ4n) is 6.13. The zero-order valence-corrected chi connectivity index (χ0v) is 15.7. The Hall–Kier alpha value is -2.81. The molecule has 3 nitrogen and oxygen atoms in total. The van der Waals surface area contributed by atoms with Crippen LogP contribution in [0.15, 0.2) is 66.8 Å². The number of carboxylic acids is 1. The maximum absolute atomic E-state index is 11.9. The molecule has 0 amide bonds. The van der Waals surface area contributed by atoms with E-state index in [0.29, 0.717) is 35.3 Å². The molecule has 2 heterocycles. The predicted octanol–water partition coefficient (Wildman–Crippen LogP) is 5.28. The number of allylic oxidation sites excluding steroid dienone is 4. The molecule has 0 radical (unpaired) electrons. The molecule has 28 heavy (non-hydrogen) atoms. The van der Waals surface area contributed by atoms with Crippen molar-refractivity contribution >= 4 is 11.7 Å². The van der Waals surface area contributed by atoms with Crippen LogP contribution in [0.3, 0.4) is 0 Å². The Morgan fingerprint density at radius 1 is 0.964 bits per heavy atom. The smallest absolute Gasteiger partial charge is 0.335 e. The van der Waals surface area contributed by atoms with Crippen molar-refractivity contribution in [3.05, 3.63) is 89.0 Å². The molecule has 2 aromatic rings. The van der Waals surface area contributed by atoms with Gasteiger partial charge in [0, 0.05) is 24.1 Å². The van der Waals surface area contributed by atoms with E-state index < -0.39 is 5.97 Å². The monoisotopic (exact) mass is 369 g/mol. The third-order valence-electron chi connectivity index (χ3n) is 7.24. The summed E-state index contributed by atoms with van der Waals surface area (Å²) in [6, 6.07) is 15.1. The van der Waals surface area contributed by atoms with Gasteiger partial charge in [-0.25, -0.2) is 4.79 Å². The van der Waals surface area contributed by atoms with E-state index in [-0.39, 0.29) is 0 Å². The zero-order valence-electron chi connectivity index (χ0n) is 15.7. The molecule has 0 fully saturated rings. The first-order chi connectivity index (χ1) is 13.7. The van der Waals surface area contributed by atoms with Crippen LogP contribution in [-0.2, 0) is 0 Å². The Bertz CT molecular complexity index is 1010. The van der Waals surface area contributed by atoms with Gasteiger partial charge in [0.25, 0.3) is 0 Å². The van der Waals surface area contributed by atoms with Crippen LogP contribution < -0.4 is 4.90 Å². The average Bonchev–Trinajstić information content (AvgIpc) is 3.38. The molecule has 140 valence electrons. The lowest BCUT2D eigenvalue weighted by Crippen LogP contribution is -2.46. The molecule has 4 aliphatic rings. The van der Waals surface area contributed by atoms with Gasteiger partial charge in [-0.15, -0.1) is 0 Å². The second-order valence-electron chi connectivity index (χ2n) is 8.62. The molecule has 2 aromatic carbocycles. The normalized spacial score (nSPS) is 31.4. The number of benzene rings is 2. The molecule has 6 rings (SSSR count). The minimum Gasteiger partial charge on any atom is -0.478 e. The molecule has 2 aliphatic carbocycles. The summed E-state index contributed by atoms with van der Waals surface area (Å²) in [5.41, 5.74) is 5.56. The highest BCUT2D eigenvalue weighted by atomic mass is 16.4. The van der Waals surface area contributed by atoms with Crippen molar-refractivity contribution in [3.63, 3.8) is 0 Å². The van der Waals surface area contributed by atoms with Crippen LogP contribution in [0.25, 0.3) is 0 Å². The number of nitrogens with zero attached hydrogens (tertiary/aromatic N) is 1. The van der Waals surface area contributed by atoms with Crippen LogP contribution in [0.4, 0.5) is 5.69 Å². The summed E-state index contributed by atoms with van der Waals surface area (Å²) in [5, 5.41) is 9.75. The molecular formula is C25H23NO2. The molecule has 1 N–H and O–H groups in total. The van der Waals surface area contributed by atoms with Gasteiger partial charge >= 0.3 is 5.97 Å². The summed E-state index contributed by atoms with van der Waals surface area (Å²) in [4.78, 5) is 14.5. The topological polar surface area (TPSA) is 40.5 Å². The maximum atomic E-state index is 11.9. The summed E-state index contributed by atoms with van der Waals surface area (Å²) in [6.45, 7) is 1.05. The molecule has 0 saturated heterocycles. The zero-order chi connectivity index (χ0) is 18.8. The van der Waals surface area contributed by atoms with Crippen molar-refractivity contribution in [3.8, 4) is 0 Å². The lowest BCUT2D eigenvalue weighted by atomic mass is 9.70. The van der Waals surface area contributed by atoms with Crippen molar-refractivity contribution in [1.82, 2.24) is 0 Å². The van der Waals surface area contributed by atoms with E-state index in [1.54, 1.807) is 0 Å². The van der Waals surface area contributed by atoms with Crippen LogP contribution >= 0.6 is 0 Å². The SMILES string of the molecule is O=C(O)c1cc2c3c(c1)[C@H]1C=CC[C@@H]1[C@H](c1ccccc1)N3C[C@H]1CC=C[C@H]21. The summed E-state index contributed by atoms with van der Waals surface area (Å²) in [6.07, 6.45) is 11.3. The number of aromatic carboxylic acids is 1. The first-order valence-corrected chi connectivity index (χ1v) is 10.3. The lowest BCUT2D eigenvalue weighted by Gasteiger charge is -2.51. The quantitative estimate of drug-likeness (QED) is 0.732. The number of carboxylic acid groups (broad SMARTS) is 1. The van der Waals surface area contributed by atoms with Gasteiger partial charge in [0.2, 0.25) is 0 Å². The van der Waals surface area contributed by atoms with E-state index in [4.69, 9.17) is 0 Å². The fourth-order valence-corrected chi connectivity index (χ4v) is 6.13. The number of rotatable bonds is 2. The number of carbonyl (C=O) groups is 1. The van der Waals surface area contributed by atoms with Crippen molar-refractivity contribution in [2.24, 2.45) is 11.8 Å². The van der Waals surface area contributed by atoms with Crippen LogP contribution in [-0.4, -0.2) is 17.6 Å². The molecule has 3 heteroatoms. The third-order valence-corrected chi connectivity index (χ3v) is 7.24. The van der Waals surface area contributed by atoms with Gasteiger partial charge in [0.1, 0.15) is 0 Å². The molecule has 0 unspecified atom stereocenters. The Labute approximate surface area is 165 Å². The molecule has 0 bridgehead atoms. The second kappa shape index (κ2) is 5.84. The molecule has 0 aromatic heterocycles. The Kier molecular flexibility index (Phi) is 3.37. The Morgan fingerprint density at radius 3 is 2.46 bits per heavy atom. The lowest BCUT2D eigenvalue weighted by molar-refractivity contribution is 0.0696. The number of anilines is 1. The van der Waals surface area contributed by atoms with Gasteiger partial charge < -0.3 is 10.0 Å². The van der Waals surface area contributed by atoms with Crippen molar-refractivity contribution < 1.29 is 9.90 Å². The van der Waals surface area contributed by atoms with Crippen molar-refractivity contribution in [2.45, 2.75) is 30.7 Å². The summed E-state index contributed by atoms with van der Waals surface area (Å²) in [5.74, 6) is 0.844. The van der Waals surface area contributed by atoms with Gasteiger partial charge in [0.05, 0.1) is 11.6 Å². The summed E-state index contributed by atoms with van der Waals surface area (Å²) < 4.78 is 0. The van der Waals surface area contributed by atoms with E-state index in [9.17, 15) is 9.90 Å². The first-order valence-electron chi connectivity index (χ1n) is 10.3. The highest BCUT2D eigenvalue weighted by molar-refractivity contribution is 5.90. The largest absolute Gasteiger partial charge is 0.478 e. The summed E-state index contributed by atoms with van der Waals surface area (Å²) >= 11 is 0. The van der Waals surface area contributed by atoms with Crippen LogP contribution in [0.5, 0.6) is 0 Å². The molecule has 0 spiro atoms. The second-order valence-corrected chi connectivity index (χ2v) is 8.62. The fraction of sp³-hybridized carbons (Fsp3) is 0.320. The van der Waals surface area contributed by atoms with Gasteiger partial charge in [0.15, 0.2) is 0 Å². The number of hydrogen-bond acceptors (Lipinski definition) is 2. The summed E-state index contributed by atoms with van der Waals surface area (Å²) in [7, 11) is 0. The van der Waals surface area contributed by atoms with Crippen LogP contribution in [0, 0.1) is 11.8 Å². The van der Waals surface area contributed by atoms with Crippen molar-refractivity contribution in [2.75, 3.05) is 11.4 Å². The van der Waals surface area contributed by atoms with Gasteiger partial charge in [-0.05, 0) is 53.5 Å². The maximum Gasteiger partial charge on any atom is 0.335 e. The van der Waals surface area contributed by atoms with E-state index in [0.717, 1.165) is 19.4 Å². The third kappa shape index (κ3) is 2.13. The standard InChI is InChI=1S/C25H23NO2/c27-25(28)17-12-21-18-9-4-8-16(18)14-26-23(15-6-2-1-3-7-15)20-11-5-10-19(20)22(13-17)24(21)26/h1-7,9-10,12-13,16,18-20,23H,8,11,14H2,(H,27,28)/t16-,18+,19+,20+,23+/m1/s1. The highest BCUT2D eigenvalue weighted by Crippen LogP contribution is 2.58. The number of fused-ring (bicyclic) bond motifs is 4. The van der Waals surface area contributed by atoms with E-state index >= 15 is 0 Å². The van der Waals surface area contributed by atoms with Crippen LogP contribution in [0.1, 0.15) is 57.8 Å².